The molecular formula is C21H34N7O5+. The number of carbonyl (C=O) groups is 3. The molecule has 4 heterocycles. The lowest BCUT2D eigenvalue weighted by molar-refractivity contribution is -0.536. The van der Waals surface area contributed by atoms with Crippen molar-refractivity contribution in [3.63, 3.8) is 0 Å². The second-order valence-corrected chi connectivity index (χ2v) is 8.64. The number of rotatable bonds is 6. The van der Waals surface area contributed by atoms with E-state index in [4.69, 9.17) is 14.5 Å². The molecule has 3 saturated heterocycles. The number of urea groups is 1. The van der Waals surface area contributed by atoms with Crippen molar-refractivity contribution in [2.45, 2.75) is 13.0 Å². The molecule has 0 N–H and O–H groups in total. The molecule has 0 aromatic rings. The molecule has 33 heavy (non-hydrogen) atoms. The van der Waals surface area contributed by atoms with E-state index in [2.05, 4.69) is 9.80 Å². The van der Waals surface area contributed by atoms with Crippen LogP contribution in [0.15, 0.2) is 4.99 Å². The van der Waals surface area contributed by atoms with Crippen molar-refractivity contribution in [1.82, 2.24) is 24.5 Å². The molecule has 3 fully saturated rings. The van der Waals surface area contributed by atoms with Gasteiger partial charge in [-0.15, -0.1) is 0 Å². The van der Waals surface area contributed by atoms with Crippen molar-refractivity contribution in [1.29, 1.82) is 0 Å². The van der Waals surface area contributed by atoms with Crippen molar-refractivity contribution in [2.24, 2.45) is 4.99 Å². The number of aliphatic imine (C=N–C) groups is 1. The Bertz CT molecular complexity index is 846. The van der Waals surface area contributed by atoms with Gasteiger partial charge in [0.25, 0.3) is 17.8 Å². The van der Waals surface area contributed by atoms with E-state index in [1.54, 1.807) is 18.9 Å². The zero-order chi connectivity index (χ0) is 23.5. The first-order chi connectivity index (χ1) is 15.9. The lowest BCUT2D eigenvalue weighted by atomic mass is 10.1. The summed E-state index contributed by atoms with van der Waals surface area (Å²) in [6.45, 7) is 9.85. The van der Waals surface area contributed by atoms with Crippen molar-refractivity contribution in [2.75, 3.05) is 92.8 Å². The first-order valence-corrected chi connectivity index (χ1v) is 11.6. The Labute approximate surface area is 194 Å². The van der Waals surface area contributed by atoms with E-state index >= 15 is 0 Å². The van der Waals surface area contributed by atoms with Crippen LogP contribution in [0.25, 0.3) is 0 Å². The number of fused-ring (bicyclic) bond motifs is 1. The number of ether oxygens (including phenoxy) is 2. The number of nitrogens with zero attached hydrogens (tertiary/aromatic N) is 7. The van der Waals surface area contributed by atoms with E-state index in [9.17, 15) is 14.4 Å². The highest BCUT2D eigenvalue weighted by atomic mass is 16.6. The number of piperazine rings is 1. The largest absolute Gasteiger partial charge is 0.450 e. The number of hydrogen-bond acceptors (Lipinski definition) is 8. The molecule has 12 nitrogen and oxygen atoms in total. The standard InChI is InChI=1S/C21H34N7O5/c1-4-33-21(31)27-8-5-26(6-9-27)15-16-22-18-17(19(29)24(3)20(30)23(18)2)28(16)10-7-25-11-13-32-14-12-25/h17H,4-15H2,1-3H3/q+1. The smallest absolute Gasteiger partial charge is 0.409 e. The van der Waals surface area contributed by atoms with Gasteiger partial charge in [-0.05, 0) is 11.9 Å². The number of amidine groups is 2. The molecule has 0 radical (unpaired) electrons. The van der Waals surface area contributed by atoms with Gasteiger partial charge in [-0.3, -0.25) is 24.4 Å². The molecule has 1 unspecified atom stereocenters. The summed E-state index contributed by atoms with van der Waals surface area (Å²) in [5, 5.41) is 0. The average Bonchev–Trinajstić information content (AvgIpc) is 3.19. The fraction of sp³-hybridized carbons (Fsp3) is 0.762. The molecule has 0 aromatic heterocycles. The summed E-state index contributed by atoms with van der Waals surface area (Å²) in [6, 6.07) is -0.956. The summed E-state index contributed by atoms with van der Waals surface area (Å²) in [6.07, 6.45) is -0.280. The van der Waals surface area contributed by atoms with Gasteiger partial charge in [0.05, 0.1) is 26.4 Å². The van der Waals surface area contributed by atoms with Gasteiger partial charge in [0.15, 0.2) is 0 Å². The highest BCUT2D eigenvalue weighted by molar-refractivity contribution is 6.23. The minimum Gasteiger partial charge on any atom is -0.450 e. The van der Waals surface area contributed by atoms with Crippen LogP contribution >= 0.6 is 0 Å². The van der Waals surface area contributed by atoms with Crippen molar-refractivity contribution in [3.05, 3.63) is 0 Å². The van der Waals surface area contributed by atoms with Gasteiger partial charge in [0.2, 0.25) is 0 Å². The summed E-state index contributed by atoms with van der Waals surface area (Å²) in [7, 11) is 3.18. The van der Waals surface area contributed by atoms with Crippen LogP contribution in [0.3, 0.4) is 0 Å². The molecule has 182 valence electrons. The van der Waals surface area contributed by atoms with Crippen LogP contribution in [0.5, 0.6) is 0 Å². The maximum absolute atomic E-state index is 13.1. The van der Waals surface area contributed by atoms with Gasteiger partial charge in [-0.2, -0.15) is 0 Å². The summed E-state index contributed by atoms with van der Waals surface area (Å²) >= 11 is 0. The van der Waals surface area contributed by atoms with Gasteiger partial charge >= 0.3 is 18.0 Å². The summed E-state index contributed by atoms with van der Waals surface area (Å²) in [5.41, 5.74) is 0. The first-order valence-electron chi connectivity index (χ1n) is 11.6. The third kappa shape index (κ3) is 4.87. The Morgan fingerprint density at radius 1 is 1.06 bits per heavy atom. The minimum atomic E-state index is -0.588. The molecular weight excluding hydrogens is 430 g/mol. The first kappa shape index (κ1) is 23.6. The van der Waals surface area contributed by atoms with Crippen LogP contribution in [0.4, 0.5) is 9.59 Å². The maximum atomic E-state index is 13.1. The lowest BCUT2D eigenvalue weighted by Crippen LogP contribution is -2.62. The second kappa shape index (κ2) is 10.1. The highest BCUT2D eigenvalue weighted by Crippen LogP contribution is 2.20. The topological polar surface area (TPSA) is 101 Å². The molecule has 0 bridgehead atoms. The van der Waals surface area contributed by atoms with Crippen molar-refractivity contribution >= 4 is 29.7 Å². The number of imide groups is 1. The van der Waals surface area contributed by atoms with Crippen LogP contribution < -0.4 is 0 Å². The van der Waals surface area contributed by atoms with Crippen LogP contribution in [0, 0.1) is 0 Å². The van der Waals surface area contributed by atoms with Crippen LogP contribution in [-0.2, 0) is 14.3 Å². The van der Waals surface area contributed by atoms with Crippen molar-refractivity contribution < 1.29 is 28.4 Å². The number of carbonyl (C=O) groups excluding carboxylic acids is 3. The van der Waals surface area contributed by atoms with E-state index in [-0.39, 0.29) is 18.0 Å². The SMILES string of the molecule is CCOC(=O)N1CCN(CC2=[N+](CCN3CCOCC3)C3C(=O)N(C)C(=O)N(C)C3=N2)CC1. The van der Waals surface area contributed by atoms with Crippen LogP contribution in [0.1, 0.15) is 6.92 Å². The fourth-order valence-corrected chi connectivity index (χ4v) is 4.61. The molecule has 4 amide bonds. The average molecular weight is 465 g/mol. The van der Waals surface area contributed by atoms with Crippen LogP contribution in [-0.4, -0.2) is 158 Å². The second-order valence-electron chi connectivity index (χ2n) is 8.64. The summed E-state index contributed by atoms with van der Waals surface area (Å²) in [4.78, 5) is 51.2. The summed E-state index contributed by atoms with van der Waals surface area (Å²) in [5.74, 6) is 1.03. The Hall–Kier alpha value is -2.57. The molecule has 0 saturated carbocycles. The Kier molecular flexibility index (Phi) is 7.25. The van der Waals surface area contributed by atoms with E-state index in [1.165, 1.54) is 16.8 Å². The van der Waals surface area contributed by atoms with Crippen molar-refractivity contribution in [3.8, 4) is 0 Å². The Morgan fingerprint density at radius 3 is 2.42 bits per heavy atom. The van der Waals surface area contributed by atoms with Crippen LogP contribution in [0.2, 0.25) is 0 Å². The molecule has 0 aromatic carbocycles. The number of amides is 4. The Balaban J connectivity index is 1.49. The third-order valence-corrected chi connectivity index (χ3v) is 6.64. The molecule has 0 aliphatic carbocycles. The predicted octanol–water partition coefficient (Wildman–Crippen LogP) is -1.19. The highest BCUT2D eigenvalue weighted by Gasteiger charge is 2.53. The third-order valence-electron chi connectivity index (χ3n) is 6.64. The van der Waals surface area contributed by atoms with Gasteiger partial charge in [-0.1, -0.05) is 0 Å². The predicted molar refractivity (Wildman–Crippen MR) is 120 cm³/mol. The van der Waals surface area contributed by atoms with Gasteiger partial charge in [-0.25, -0.2) is 14.2 Å². The van der Waals surface area contributed by atoms with Gasteiger partial charge < -0.3 is 14.4 Å². The molecule has 4 aliphatic rings. The van der Waals surface area contributed by atoms with E-state index in [1.807, 2.05) is 4.58 Å². The van der Waals surface area contributed by atoms with Gasteiger partial charge in [0.1, 0.15) is 6.54 Å². The maximum Gasteiger partial charge on any atom is 0.409 e. The van der Waals surface area contributed by atoms with E-state index in [0.29, 0.717) is 64.9 Å². The molecule has 4 aliphatic heterocycles. The lowest BCUT2D eigenvalue weighted by Gasteiger charge is -2.33. The minimum absolute atomic E-state index is 0.249. The zero-order valence-electron chi connectivity index (χ0n) is 19.7. The molecule has 12 heteroatoms. The monoisotopic (exact) mass is 464 g/mol. The zero-order valence-corrected chi connectivity index (χ0v) is 19.7. The Morgan fingerprint density at radius 2 is 1.76 bits per heavy atom. The normalized spacial score (nSPS) is 25.0. The number of morpholine rings is 1. The quantitative estimate of drug-likeness (QED) is 0.456. The van der Waals surface area contributed by atoms with E-state index < -0.39 is 6.04 Å². The number of likely N-dealkylation sites (N-methyl/N-ethyl adjacent to an activating group) is 2. The molecule has 0 spiro atoms. The van der Waals surface area contributed by atoms with E-state index in [0.717, 1.165) is 25.5 Å². The molecule has 4 rings (SSSR count). The number of hydrogen-bond donors (Lipinski definition) is 0. The van der Waals surface area contributed by atoms with Gasteiger partial charge in [0, 0.05) is 59.9 Å². The fourth-order valence-electron chi connectivity index (χ4n) is 4.61. The molecule has 1 atom stereocenters. The summed E-state index contributed by atoms with van der Waals surface area (Å²) < 4.78 is 12.6.